The normalized spacial score (nSPS) is 35.0. The molecule has 0 saturated carbocycles. The Bertz CT molecular complexity index is 830. The lowest BCUT2D eigenvalue weighted by atomic mass is 9.57. The summed E-state index contributed by atoms with van der Waals surface area (Å²) in [5.41, 5.74) is 3.71. The average molecular weight is 338 g/mol. The monoisotopic (exact) mass is 338 g/mol. The zero-order valence-electron chi connectivity index (χ0n) is 14.5. The molecule has 2 fully saturated rings. The van der Waals surface area contributed by atoms with Gasteiger partial charge < -0.3 is 10.1 Å². The molecular weight excluding hydrogens is 316 g/mol. The van der Waals surface area contributed by atoms with Crippen LogP contribution in [0.2, 0.25) is 0 Å². The second-order valence-electron chi connectivity index (χ2n) is 7.68. The highest BCUT2D eigenvalue weighted by Gasteiger charge is 2.65. The third kappa shape index (κ3) is 1.67. The third-order valence-electron chi connectivity index (χ3n) is 6.82. The van der Waals surface area contributed by atoms with E-state index in [0.717, 1.165) is 37.3 Å². The zero-order valence-corrected chi connectivity index (χ0v) is 14.5. The number of ketones is 1. The van der Waals surface area contributed by atoms with Gasteiger partial charge in [0.15, 0.2) is 0 Å². The summed E-state index contributed by atoms with van der Waals surface area (Å²) in [6, 6.07) is 8.43. The SMILES string of the molecule is COC(=O)C1=C2Nc3ccccc3[C@]23CCN2CC[C@H]1[C@H](C(C)=O)[C@@H]23. The van der Waals surface area contributed by atoms with Crippen LogP contribution in [0.1, 0.15) is 25.3 Å². The molecule has 4 atom stereocenters. The van der Waals surface area contributed by atoms with Gasteiger partial charge in [-0.2, -0.15) is 0 Å². The third-order valence-corrected chi connectivity index (χ3v) is 6.82. The van der Waals surface area contributed by atoms with Gasteiger partial charge in [0.2, 0.25) is 0 Å². The quantitative estimate of drug-likeness (QED) is 0.837. The van der Waals surface area contributed by atoms with E-state index >= 15 is 0 Å². The van der Waals surface area contributed by atoms with E-state index < -0.39 is 0 Å². The summed E-state index contributed by atoms with van der Waals surface area (Å²) in [7, 11) is 1.43. The molecular formula is C20H22N2O3. The van der Waals surface area contributed by atoms with Crippen molar-refractivity contribution in [2.24, 2.45) is 11.8 Å². The lowest BCUT2D eigenvalue weighted by Gasteiger charge is -2.51. The summed E-state index contributed by atoms with van der Waals surface area (Å²) >= 11 is 0. The van der Waals surface area contributed by atoms with E-state index in [2.05, 4.69) is 28.4 Å². The molecule has 1 aliphatic carbocycles. The van der Waals surface area contributed by atoms with Gasteiger partial charge in [0.25, 0.3) is 0 Å². The van der Waals surface area contributed by atoms with E-state index in [0.29, 0.717) is 5.57 Å². The number of carbonyl (C=O) groups is 2. The van der Waals surface area contributed by atoms with Gasteiger partial charge in [0.05, 0.1) is 18.1 Å². The van der Waals surface area contributed by atoms with Crippen molar-refractivity contribution in [1.82, 2.24) is 4.90 Å². The Morgan fingerprint density at radius 1 is 1.28 bits per heavy atom. The molecule has 0 amide bonds. The van der Waals surface area contributed by atoms with Gasteiger partial charge in [0, 0.05) is 29.3 Å². The number of esters is 1. The van der Waals surface area contributed by atoms with E-state index in [4.69, 9.17) is 4.74 Å². The van der Waals surface area contributed by atoms with E-state index in [1.807, 2.05) is 6.07 Å². The molecule has 130 valence electrons. The predicted molar refractivity (Wildman–Crippen MR) is 93.0 cm³/mol. The molecule has 1 spiro atoms. The zero-order chi connectivity index (χ0) is 17.3. The standard InChI is InChI=1S/C20H22N2O3/c1-11(23)15-12-7-9-22-10-8-20(18(15)22)13-5-3-4-6-14(13)21-17(20)16(12)19(24)25-2/h3-6,12,15,18,21H,7-10H2,1-2H3/t12-,15-,18+,20+/m0/s1. The highest BCUT2D eigenvalue weighted by molar-refractivity contribution is 5.96. The summed E-state index contributed by atoms with van der Waals surface area (Å²) in [6.07, 6.45) is 1.77. The summed E-state index contributed by atoms with van der Waals surface area (Å²) in [4.78, 5) is 27.9. The molecule has 2 bridgehead atoms. The molecule has 5 rings (SSSR count). The molecule has 5 heteroatoms. The fourth-order valence-corrected chi connectivity index (χ4v) is 6.02. The largest absolute Gasteiger partial charge is 0.466 e. The Balaban J connectivity index is 1.85. The fourth-order valence-electron chi connectivity index (χ4n) is 6.02. The number of anilines is 1. The van der Waals surface area contributed by atoms with Crippen LogP contribution < -0.4 is 5.32 Å². The number of piperidine rings is 1. The topological polar surface area (TPSA) is 58.6 Å². The first-order valence-electron chi connectivity index (χ1n) is 9.03. The molecule has 1 N–H and O–H groups in total. The Labute approximate surface area is 147 Å². The molecule has 25 heavy (non-hydrogen) atoms. The lowest BCUT2D eigenvalue weighted by molar-refractivity contribution is -0.139. The molecule has 5 nitrogen and oxygen atoms in total. The van der Waals surface area contributed by atoms with Gasteiger partial charge in [0.1, 0.15) is 5.78 Å². The number of ether oxygens (including phenoxy) is 1. The molecule has 3 heterocycles. The Hall–Kier alpha value is -2.14. The van der Waals surface area contributed by atoms with Gasteiger partial charge >= 0.3 is 5.97 Å². The molecule has 1 aromatic rings. The lowest BCUT2D eigenvalue weighted by Crippen LogP contribution is -2.60. The van der Waals surface area contributed by atoms with Crippen molar-refractivity contribution in [2.45, 2.75) is 31.2 Å². The van der Waals surface area contributed by atoms with Crippen LogP contribution in [0.3, 0.4) is 0 Å². The fraction of sp³-hybridized carbons (Fsp3) is 0.500. The van der Waals surface area contributed by atoms with Crippen LogP contribution in [-0.4, -0.2) is 42.9 Å². The summed E-state index contributed by atoms with van der Waals surface area (Å²) in [5.74, 6) is -0.285. The van der Waals surface area contributed by atoms with Crippen LogP contribution in [0.4, 0.5) is 5.69 Å². The van der Waals surface area contributed by atoms with Crippen molar-refractivity contribution in [2.75, 3.05) is 25.5 Å². The first-order chi connectivity index (χ1) is 12.1. The van der Waals surface area contributed by atoms with Crippen LogP contribution in [0, 0.1) is 11.8 Å². The Kier molecular flexibility index (Phi) is 2.99. The van der Waals surface area contributed by atoms with Gasteiger partial charge in [-0.1, -0.05) is 18.2 Å². The van der Waals surface area contributed by atoms with Crippen molar-refractivity contribution < 1.29 is 14.3 Å². The average Bonchev–Trinajstić information content (AvgIpc) is 3.17. The summed E-state index contributed by atoms with van der Waals surface area (Å²) in [5, 5.41) is 3.55. The van der Waals surface area contributed by atoms with Crippen molar-refractivity contribution in [3.8, 4) is 0 Å². The summed E-state index contributed by atoms with van der Waals surface area (Å²) in [6.45, 7) is 3.59. The number of rotatable bonds is 2. The maximum atomic E-state index is 12.8. The number of methoxy groups -OCH3 is 1. The number of hydrogen-bond acceptors (Lipinski definition) is 5. The van der Waals surface area contributed by atoms with Crippen molar-refractivity contribution in [3.05, 3.63) is 41.1 Å². The van der Waals surface area contributed by atoms with E-state index in [1.165, 1.54) is 12.7 Å². The van der Waals surface area contributed by atoms with E-state index in [9.17, 15) is 9.59 Å². The van der Waals surface area contributed by atoms with E-state index in [1.54, 1.807) is 6.92 Å². The summed E-state index contributed by atoms with van der Waals surface area (Å²) < 4.78 is 5.16. The van der Waals surface area contributed by atoms with Crippen LogP contribution in [0.5, 0.6) is 0 Å². The predicted octanol–water partition coefficient (Wildman–Crippen LogP) is 2.09. The highest BCUT2D eigenvalue weighted by Crippen LogP contribution is 2.62. The second kappa shape index (κ2) is 4.94. The van der Waals surface area contributed by atoms with Gasteiger partial charge in [-0.3, -0.25) is 9.69 Å². The van der Waals surface area contributed by atoms with Crippen LogP contribution >= 0.6 is 0 Å². The van der Waals surface area contributed by atoms with Crippen molar-refractivity contribution in [3.63, 3.8) is 0 Å². The molecule has 0 unspecified atom stereocenters. The maximum absolute atomic E-state index is 12.8. The number of nitrogens with one attached hydrogen (secondary N) is 1. The number of para-hydroxylation sites is 1. The molecule has 1 aromatic carbocycles. The minimum Gasteiger partial charge on any atom is -0.466 e. The molecule has 0 radical (unpaired) electrons. The molecule has 4 aliphatic rings. The van der Waals surface area contributed by atoms with Gasteiger partial charge in [-0.25, -0.2) is 4.79 Å². The molecule has 2 saturated heterocycles. The van der Waals surface area contributed by atoms with Crippen LogP contribution in [0.15, 0.2) is 35.5 Å². The van der Waals surface area contributed by atoms with Gasteiger partial charge in [-0.15, -0.1) is 0 Å². The van der Waals surface area contributed by atoms with Gasteiger partial charge in [-0.05, 0) is 44.5 Å². The minimum absolute atomic E-state index is 0.0470. The number of Topliss-reactive ketones (excluding diaryl/α,β-unsaturated/α-hetero) is 1. The smallest absolute Gasteiger partial charge is 0.335 e. The van der Waals surface area contributed by atoms with E-state index in [-0.39, 0.29) is 35.0 Å². The van der Waals surface area contributed by atoms with Crippen molar-refractivity contribution in [1.29, 1.82) is 0 Å². The number of carbonyl (C=O) groups excluding carboxylic acids is 2. The first kappa shape index (κ1) is 15.1. The second-order valence-corrected chi connectivity index (χ2v) is 7.68. The first-order valence-corrected chi connectivity index (χ1v) is 9.03. The number of benzene rings is 1. The number of nitrogens with zero attached hydrogens (tertiary/aromatic N) is 1. The number of hydrogen-bond donors (Lipinski definition) is 1. The van der Waals surface area contributed by atoms with Crippen LogP contribution in [0.25, 0.3) is 0 Å². The number of fused-ring (bicyclic) bond motifs is 2. The molecule has 3 aliphatic heterocycles. The van der Waals surface area contributed by atoms with Crippen molar-refractivity contribution >= 4 is 17.4 Å². The Morgan fingerprint density at radius 2 is 2.08 bits per heavy atom. The highest BCUT2D eigenvalue weighted by atomic mass is 16.5. The maximum Gasteiger partial charge on any atom is 0.335 e. The van der Waals surface area contributed by atoms with Crippen LogP contribution in [-0.2, 0) is 19.7 Å². The molecule has 0 aromatic heterocycles. The Morgan fingerprint density at radius 3 is 2.84 bits per heavy atom. The minimum atomic E-state index is -0.287.